The molecule has 4 nitrogen and oxygen atoms in total. The van der Waals surface area contributed by atoms with Crippen molar-refractivity contribution in [2.45, 2.75) is 13.3 Å². The van der Waals surface area contributed by atoms with Gasteiger partial charge in [-0.25, -0.2) is 0 Å². The number of H-pyrrole nitrogens is 1. The van der Waals surface area contributed by atoms with Crippen LogP contribution in [0.15, 0.2) is 42.6 Å². The Hall–Kier alpha value is -2.75. The van der Waals surface area contributed by atoms with Gasteiger partial charge >= 0.3 is 0 Å². The number of benzene rings is 2. The summed E-state index contributed by atoms with van der Waals surface area (Å²) in [4.78, 5) is 15.5. The maximum absolute atomic E-state index is 12.1. The van der Waals surface area contributed by atoms with Gasteiger partial charge in [-0.1, -0.05) is 25.1 Å². The maximum Gasteiger partial charge on any atom is 0.255 e. The van der Waals surface area contributed by atoms with E-state index >= 15 is 0 Å². The zero-order valence-electron chi connectivity index (χ0n) is 13.0. The molecule has 1 aromatic heterocycles. The largest absolute Gasteiger partial charge is 0.491 e. The third kappa shape index (κ3) is 2.36. The van der Waals surface area contributed by atoms with Crippen molar-refractivity contribution in [1.82, 2.24) is 10.3 Å². The second-order valence-corrected chi connectivity index (χ2v) is 5.74. The number of nitrogens with one attached hydrogen (secondary N) is 2. The summed E-state index contributed by atoms with van der Waals surface area (Å²) in [5.74, 6) is 0.576. The van der Waals surface area contributed by atoms with Crippen LogP contribution in [0.5, 0.6) is 5.75 Å². The van der Waals surface area contributed by atoms with Gasteiger partial charge in [-0.3, -0.25) is 4.79 Å². The molecule has 0 aliphatic carbocycles. The van der Waals surface area contributed by atoms with Gasteiger partial charge in [0, 0.05) is 17.1 Å². The second kappa shape index (κ2) is 5.47. The number of aromatic amines is 1. The average Bonchev–Trinajstić information content (AvgIpc) is 2.91. The smallest absolute Gasteiger partial charge is 0.255 e. The lowest BCUT2D eigenvalue weighted by atomic mass is 10.00. The molecule has 116 valence electrons. The predicted octanol–water partition coefficient (Wildman–Crippen LogP) is 3.52. The molecule has 0 atom stereocenters. The molecule has 2 N–H and O–H groups in total. The number of hydrogen-bond acceptors (Lipinski definition) is 2. The lowest BCUT2D eigenvalue weighted by Gasteiger charge is -2.08. The molecule has 0 spiro atoms. The Morgan fingerprint density at radius 3 is 2.83 bits per heavy atom. The second-order valence-electron chi connectivity index (χ2n) is 5.74. The van der Waals surface area contributed by atoms with Crippen molar-refractivity contribution in [2.24, 2.45) is 0 Å². The third-order valence-electron chi connectivity index (χ3n) is 4.35. The van der Waals surface area contributed by atoms with Gasteiger partial charge in [-0.05, 0) is 41.3 Å². The summed E-state index contributed by atoms with van der Waals surface area (Å²) in [7, 11) is 0. The normalized spacial score (nSPS) is 14.0. The number of fused-ring (bicyclic) bond motifs is 2. The van der Waals surface area contributed by atoms with E-state index in [0.29, 0.717) is 24.5 Å². The third-order valence-corrected chi connectivity index (χ3v) is 4.35. The highest BCUT2D eigenvalue weighted by atomic mass is 16.5. The van der Waals surface area contributed by atoms with Crippen molar-refractivity contribution in [1.29, 1.82) is 0 Å². The van der Waals surface area contributed by atoms with Crippen LogP contribution in [0.2, 0.25) is 0 Å². The van der Waals surface area contributed by atoms with Crippen LogP contribution in [0.3, 0.4) is 0 Å². The minimum Gasteiger partial charge on any atom is -0.491 e. The van der Waals surface area contributed by atoms with Crippen molar-refractivity contribution in [3.8, 4) is 16.9 Å². The number of hydrogen-bond donors (Lipinski definition) is 2. The molecule has 0 fully saturated rings. The first-order chi connectivity index (χ1) is 11.3. The number of aryl methyl sites for hydroxylation is 1. The number of rotatable bonds is 2. The van der Waals surface area contributed by atoms with E-state index in [1.165, 1.54) is 10.9 Å². The first kappa shape index (κ1) is 13.9. The van der Waals surface area contributed by atoms with Crippen LogP contribution in [0.1, 0.15) is 22.8 Å². The topological polar surface area (TPSA) is 54.1 Å². The number of aromatic nitrogens is 1. The SMILES string of the molecule is CCc1c[nH]c2cc(-c3ccc4c(c3)C(=O)NCCO4)ccc12. The predicted molar refractivity (Wildman–Crippen MR) is 90.9 cm³/mol. The number of carbonyl (C=O) groups is 1. The van der Waals surface area contributed by atoms with E-state index in [1.807, 2.05) is 18.2 Å². The molecule has 0 saturated carbocycles. The zero-order valence-corrected chi connectivity index (χ0v) is 13.0. The molecule has 3 aromatic rings. The number of ether oxygens (including phenoxy) is 1. The molecular weight excluding hydrogens is 288 g/mol. The fourth-order valence-electron chi connectivity index (χ4n) is 3.09. The molecule has 0 unspecified atom stereocenters. The Balaban J connectivity index is 1.80. The molecule has 23 heavy (non-hydrogen) atoms. The van der Waals surface area contributed by atoms with Crippen molar-refractivity contribution in [3.05, 3.63) is 53.7 Å². The summed E-state index contributed by atoms with van der Waals surface area (Å²) in [5, 5.41) is 4.11. The van der Waals surface area contributed by atoms with Crippen molar-refractivity contribution in [3.63, 3.8) is 0 Å². The molecule has 0 bridgehead atoms. The van der Waals surface area contributed by atoms with E-state index in [4.69, 9.17) is 4.74 Å². The van der Waals surface area contributed by atoms with E-state index in [1.54, 1.807) is 0 Å². The molecule has 0 radical (unpaired) electrons. The van der Waals surface area contributed by atoms with Crippen LogP contribution in [0.4, 0.5) is 0 Å². The first-order valence-corrected chi connectivity index (χ1v) is 7.91. The van der Waals surface area contributed by atoms with Crippen LogP contribution in [-0.4, -0.2) is 24.0 Å². The van der Waals surface area contributed by atoms with Gasteiger partial charge < -0.3 is 15.0 Å². The van der Waals surface area contributed by atoms with E-state index in [9.17, 15) is 4.79 Å². The molecule has 4 rings (SSSR count). The summed E-state index contributed by atoms with van der Waals surface area (Å²) in [6.07, 6.45) is 3.07. The molecule has 1 aliphatic heterocycles. The lowest BCUT2D eigenvalue weighted by molar-refractivity contribution is 0.0957. The molecule has 1 aliphatic rings. The standard InChI is InChI=1S/C19H18N2O2/c1-2-12-11-21-17-10-14(3-5-15(12)17)13-4-6-18-16(9-13)19(22)20-7-8-23-18/h3-6,9-11,21H,2,7-8H2,1H3,(H,20,22). The minimum absolute atomic E-state index is 0.0754. The Morgan fingerprint density at radius 2 is 1.96 bits per heavy atom. The maximum atomic E-state index is 12.1. The summed E-state index contributed by atoms with van der Waals surface area (Å²) in [6.45, 7) is 3.20. The van der Waals surface area contributed by atoms with E-state index in [0.717, 1.165) is 23.1 Å². The van der Waals surface area contributed by atoms with Crippen LogP contribution in [0, 0.1) is 0 Å². The molecule has 1 amide bonds. The molecule has 0 saturated heterocycles. The Labute approximate surface area is 134 Å². The molecule has 4 heteroatoms. The van der Waals surface area contributed by atoms with Crippen LogP contribution in [-0.2, 0) is 6.42 Å². The summed E-state index contributed by atoms with van der Waals surface area (Å²) in [5.41, 5.74) is 5.14. The minimum atomic E-state index is -0.0754. The fourth-order valence-corrected chi connectivity index (χ4v) is 3.09. The number of carbonyl (C=O) groups excluding carboxylic acids is 1. The fraction of sp³-hybridized carbons (Fsp3) is 0.211. The monoisotopic (exact) mass is 306 g/mol. The van der Waals surface area contributed by atoms with Gasteiger partial charge in [0.1, 0.15) is 12.4 Å². The van der Waals surface area contributed by atoms with E-state index in [2.05, 4.69) is 41.6 Å². The van der Waals surface area contributed by atoms with Gasteiger partial charge in [0.05, 0.1) is 12.1 Å². The molecule has 2 heterocycles. The highest BCUT2D eigenvalue weighted by Crippen LogP contribution is 2.30. The molecule has 2 aromatic carbocycles. The Morgan fingerprint density at radius 1 is 1.13 bits per heavy atom. The highest BCUT2D eigenvalue weighted by molar-refractivity contribution is 5.99. The van der Waals surface area contributed by atoms with Crippen molar-refractivity contribution >= 4 is 16.8 Å². The summed E-state index contributed by atoms with van der Waals surface area (Å²) in [6, 6.07) is 12.2. The van der Waals surface area contributed by atoms with Crippen LogP contribution >= 0.6 is 0 Å². The van der Waals surface area contributed by atoms with E-state index in [-0.39, 0.29) is 5.91 Å². The number of amides is 1. The van der Waals surface area contributed by atoms with E-state index < -0.39 is 0 Å². The molecular formula is C19H18N2O2. The van der Waals surface area contributed by atoms with Crippen LogP contribution in [0.25, 0.3) is 22.0 Å². The summed E-state index contributed by atoms with van der Waals surface area (Å²) < 4.78 is 5.61. The quantitative estimate of drug-likeness (QED) is 0.761. The highest BCUT2D eigenvalue weighted by Gasteiger charge is 2.17. The lowest BCUT2D eigenvalue weighted by Crippen LogP contribution is -2.24. The van der Waals surface area contributed by atoms with Gasteiger partial charge in [-0.2, -0.15) is 0 Å². The van der Waals surface area contributed by atoms with Crippen molar-refractivity contribution in [2.75, 3.05) is 13.2 Å². The van der Waals surface area contributed by atoms with Gasteiger partial charge in [0.2, 0.25) is 0 Å². The zero-order chi connectivity index (χ0) is 15.8. The summed E-state index contributed by atoms with van der Waals surface area (Å²) >= 11 is 0. The van der Waals surface area contributed by atoms with Gasteiger partial charge in [0.15, 0.2) is 0 Å². The first-order valence-electron chi connectivity index (χ1n) is 7.91. The Kier molecular flexibility index (Phi) is 3.30. The Bertz CT molecular complexity index is 896. The van der Waals surface area contributed by atoms with Crippen LogP contribution < -0.4 is 10.1 Å². The average molecular weight is 306 g/mol. The van der Waals surface area contributed by atoms with Gasteiger partial charge in [0.25, 0.3) is 5.91 Å². The van der Waals surface area contributed by atoms with Gasteiger partial charge in [-0.15, -0.1) is 0 Å². The van der Waals surface area contributed by atoms with Crippen molar-refractivity contribution < 1.29 is 9.53 Å².